The lowest BCUT2D eigenvalue weighted by Gasteiger charge is -2.22. The van der Waals surface area contributed by atoms with Gasteiger partial charge in [0.05, 0.1) is 31.3 Å². The Balaban J connectivity index is 1.76. The number of carbonyl (C=O) groups is 1. The van der Waals surface area contributed by atoms with Crippen molar-refractivity contribution in [3.05, 3.63) is 61.0 Å². The Morgan fingerprint density at radius 3 is 2.58 bits per heavy atom. The van der Waals surface area contributed by atoms with Crippen molar-refractivity contribution in [1.82, 2.24) is 9.66 Å². The van der Waals surface area contributed by atoms with Gasteiger partial charge in [0.1, 0.15) is 5.82 Å². The Morgan fingerprint density at radius 1 is 1.14 bits per heavy atom. The topological polar surface area (TPSA) is 92.0 Å². The Labute approximate surface area is 225 Å². The number of benzene rings is 2. The first-order chi connectivity index (χ1) is 17.3. The van der Waals surface area contributed by atoms with Crippen LogP contribution in [0.15, 0.2) is 49.2 Å². The number of esters is 1. The molecule has 3 aromatic rings. The van der Waals surface area contributed by atoms with Crippen molar-refractivity contribution in [2.75, 3.05) is 14.2 Å². The average molecular weight is 621 g/mol. The van der Waals surface area contributed by atoms with Crippen LogP contribution >= 0.6 is 31.9 Å². The first-order valence-electron chi connectivity index (χ1n) is 11.7. The standard InChI is InChI=1S/C26H27Br2N3O5/c1-15(26(33)35-3)36-23-13-20(28)17(11-22(23)34-2)14-29-31-24(16-7-5-4-6-8-16)30-21-10-9-18(27)12-19(21)25(31)32/h9-16H,4-8H2,1-3H3/t15-/m1/s1. The van der Waals surface area contributed by atoms with Gasteiger partial charge in [0, 0.05) is 20.4 Å². The smallest absolute Gasteiger partial charge is 0.346 e. The van der Waals surface area contributed by atoms with Gasteiger partial charge in [0.25, 0.3) is 5.56 Å². The zero-order valence-corrected chi connectivity index (χ0v) is 23.5. The number of ether oxygens (including phenoxy) is 3. The van der Waals surface area contributed by atoms with Crippen molar-refractivity contribution in [3.63, 3.8) is 0 Å². The Bertz CT molecular complexity index is 1370. The van der Waals surface area contributed by atoms with Gasteiger partial charge in [-0.1, -0.05) is 35.2 Å². The third-order valence-corrected chi connectivity index (χ3v) is 7.42. The highest BCUT2D eigenvalue weighted by molar-refractivity contribution is 9.10. The minimum atomic E-state index is -0.810. The van der Waals surface area contributed by atoms with E-state index in [0.717, 1.165) is 30.2 Å². The molecule has 0 bridgehead atoms. The molecule has 2 aromatic carbocycles. The second kappa shape index (κ2) is 11.6. The van der Waals surface area contributed by atoms with Crippen molar-refractivity contribution in [3.8, 4) is 11.5 Å². The number of rotatable bonds is 7. The van der Waals surface area contributed by atoms with E-state index in [0.29, 0.717) is 38.3 Å². The maximum Gasteiger partial charge on any atom is 0.346 e. The highest BCUT2D eigenvalue weighted by Crippen LogP contribution is 2.34. The molecule has 1 aromatic heterocycles. The van der Waals surface area contributed by atoms with Crippen molar-refractivity contribution in [1.29, 1.82) is 0 Å². The van der Waals surface area contributed by atoms with Crippen LogP contribution in [-0.4, -0.2) is 42.2 Å². The minimum absolute atomic E-state index is 0.171. The predicted octanol–water partition coefficient (Wildman–Crippen LogP) is 5.80. The van der Waals surface area contributed by atoms with Crippen molar-refractivity contribution in [2.24, 2.45) is 5.10 Å². The molecule has 1 saturated carbocycles. The molecule has 1 heterocycles. The van der Waals surface area contributed by atoms with Crippen molar-refractivity contribution < 1.29 is 19.0 Å². The fraction of sp³-hybridized carbons (Fsp3) is 0.385. The number of nitrogens with zero attached hydrogens (tertiary/aromatic N) is 3. The highest BCUT2D eigenvalue weighted by atomic mass is 79.9. The van der Waals surface area contributed by atoms with Gasteiger partial charge in [0.15, 0.2) is 17.6 Å². The van der Waals surface area contributed by atoms with Crippen LogP contribution in [0.3, 0.4) is 0 Å². The first kappa shape index (κ1) is 26.3. The average Bonchev–Trinajstić information content (AvgIpc) is 2.89. The zero-order chi connectivity index (χ0) is 25.8. The van der Waals surface area contributed by atoms with E-state index in [1.807, 2.05) is 12.1 Å². The Hall–Kier alpha value is -2.72. The molecular formula is C26H27Br2N3O5. The van der Waals surface area contributed by atoms with Crippen molar-refractivity contribution >= 4 is 54.9 Å². The third-order valence-electron chi connectivity index (χ3n) is 6.24. The summed E-state index contributed by atoms with van der Waals surface area (Å²) in [5.74, 6) is 1.14. The summed E-state index contributed by atoms with van der Waals surface area (Å²) in [6.07, 6.45) is 6.15. The molecule has 190 valence electrons. The maximum atomic E-state index is 13.5. The molecule has 8 nitrogen and oxygen atoms in total. The summed E-state index contributed by atoms with van der Waals surface area (Å²) in [5.41, 5.74) is 1.12. The predicted molar refractivity (Wildman–Crippen MR) is 145 cm³/mol. The van der Waals surface area contributed by atoms with E-state index in [2.05, 4.69) is 37.0 Å². The molecule has 0 amide bonds. The molecule has 10 heteroatoms. The summed E-state index contributed by atoms with van der Waals surface area (Å²) in [6, 6.07) is 8.94. The van der Waals surface area contributed by atoms with E-state index < -0.39 is 12.1 Å². The van der Waals surface area contributed by atoms with Gasteiger partial charge in [-0.3, -0.25) is 4.79 Å². The minimum Gasteiger partial charge on any atom is -0.493 e. The van der Waals surface area contributed by atoms with Gasteiger partial charge in [-0.15, -0.1) is 0 Å². The summed E-state index contributed by atoms with van der Waals surface area (Å²) < 4.78 is 18.8. The zero-order valence-electron chi connectivity index (χ0n) is 20.3. The molecule has 0 radical (unpaired) electrons. The number of hydrogen-bond donors (Lipinski definition) is 0. The van der Waals surface area contributed by atoms with Crippen LogP contribution < -0.4 is 15.0 Å². The maximum absolute atomic E-state index is 13.5. The van der Waals surface area contributed by atoms with Gasteiger partial charge in [-0.25, -0.2) is 9.78 Å². The monoisotopic (exact) mass is 619 g/mol. The summed E-state index contributed by atoms with van der Waals surface area (Å²) in [4.78, 5) is 30.2. The molecule has 0 saturated heterocycles. The molecule has 4 rings (SSSR count). The molecule has 0 aliphatic heterocycles. The van der Waals surface area contributed by atoms with E-state index >= 15 is 0 Å². The number of halogens is 2. The fourth-order valence-corrected chi connectivity index (χ4v) is 5.11. The molecule has 0 unspecified atom stereocenters. The van der Waals surface area contributed by atoms with Crippen LogP contribution in [-0.2, 0) is 9.53 Å². The molecule has 1 fully saturated rings. The van der Waals surface area contributed by atoms with E-state index in [-0.39, 0.29) is 11.5 Å². The Kier molecular flexibility index (Phi) is 8.46. The lowest BCUT2D eigenvalue weighted by Crippen LogP contribution is -2.25. The lowest BCUT2D eigenvalue weighted by atomic mass is 9.88. The molecule has 1 aliphatic carbocycles. The van der Waals surface area contributed by atoms with E-state index in [1.54, 1.807) is 31.3 Å². The van der Waals surface area contributed by atoms with E-state index in [9.17, 15) is 9.59 Å². The van der Waals surface area contributed by atoms with Crippen LogP contribution in [0.4, 0.5) is 0 Å². The second-order valence-corrected chi connectivity index (χ2v) is 10.4. The molecule has 1 atom stereocenters. The lowest BCUT2D eigenvalue weighted by molar-refractivity contribution is -0.147. The van der Waals surface area contributed by atoms with Gasteiger partial charge >= 0.3 is 5.97 Å². The summed E-state index contributed by atoms with van der Waals surface area (Å²) in [7, 11) is 2.81. The molecule has 0 spiro atoms. The van der Waals surface area contributed by atoms with Gasteiger partial charge in [-0.2, -0.15) is 9.78 Å². The van der Waals surface area contributed by atoms with Crippen LogP contribution in [0, 0.1) is 0 Å². The SMILES string of the molecule is COC(=O)[C@@H](C)Oc1cc(Br)c(C=Nn2c(C3CCCCC3)nc3ccc(Br)cc3c2=O)cc1OC. The van der Waals surface area contributed by atoms with Gasteiger partial charge < -0.3 is 14.2 Å². The summed E-state index contributed by atoms with van der Waals surface area (Å²) in [5, 5.41) is 5.10. The summed E-state index contributed by atoms with van der Waals surface area (Å²) >= 11 is 6.99. The van der Waals surface area contributed by atoms with Gasteiger partial charge in [-0.05, 0) is 66.0 Å². The Morgan fingerprint density at radius 2 is 1.89 bits per heavy atom. The van der Waals surface area contributed by atoms with Crippen LogP contribution in [0.5, 0.6) is 11.5 Å². The second-order valence-electron chi connectivity index (χ2n) is 8.64. The summed E-state index contributed by atoms with van der Waals surface area (Å²) in [6.45, 7) is 1.60. The first-order valence-corrected chi connectivity index (χ1v) is 13.3. The number of carbonyl (C=O) groups excluding carboxylic acids is 1. The number of fused-ring (bicyclic) bond motifs is 1. The van der Waals surface area contributed by atoms with Crippen molar-refractivity contribution in [2.45, 2.75) is 51.0 Å². The van der Waals surface area contributed by atoms with E-state index in [4.69, 9.17) is 19.2 Å². The van der Waals surface area contributed by atoms with Crippen LogP contribution in [0.1, 0.15) is 56.3 Å². The number of methoxy groups -OCH3 is 2. The number of aromatic nitrogens is 2. The highest BCUT2D eigenvalue weighted by Gasteiger charge is 2.23. The van der Waals surface area contributed by atoms with E-state index in [1.165, 1.54) is 25.3 Å². The van der Waals surface area contributed by atoms with Crippen LogP contribution in [0.25, 0.3) is 10.9 Å². The van der Waals surface area contributed by atoms with Gasteiger partial charge in [0.2, 0.25) is 0 Å². The molecule has 36 heavy (non-hydrogen) atoms. The fourth-order valence-electron chi connectivity index (χ4n) is 4.33. The number of hydrogen-bond acceptors (Lipinski definition) is 7. The quantitative estimate of drug-likeness (QED) is 0.245. The molecule has 1 aliphatic rings. The molecule has 0 N–H and O–H groups in total. The third kappa shape index (κ3) is 5.64. The largest absolute Gasteiger partial charge is 0.493 e. The normalized spacial score (nSPS) is 15.2. The molecular weight excluding hydrogens is 594 g/mol. The van der Waals surface area contributed by atoms with Crippen LogP contribution in [0.2, 0.25) is 0 Å².